The summed E-state index contributed by atoms with van der Waals surface area (Å²) in [6, 6.07) is 7.47. The smallest absolute Gasteiger partial charge is 0.0879 e. The zero-order valence-electron chi connectivity index (χ0n) is 9.05. The van der Waals surface area contributed by atoms with Crippen molar-refractivity contribution in [3.8, 4) is 11.1 Å². The van der Waals surface area contributed by atoms with Crippen LogP contribution in [-0.4, -0.2) is 9.97 Å². The summed E-state index contributed by atoms with van der Waals surface area (Å²) in [5, 5.41) is 1.24. The summed E-state index contributed by atoms with van der Waals surface area (Å²) in [4.78, 5) is 7.46. The first-order chi connectivity index (χ1) is 8.65. The van der Waals surface area contributed by atoms with Crippen LogP contribution >= 0.6 is 34.8 Å². The Morgan fingerprint density at radius 1 is 0.944 bits per heavy atom. The van der Waals surface area contributed by atoms with Crippen molar-refractivity contribution in [2.75, 3.05) is 0 Å². The van der Waals surface area contributed by atoms with E-state index in [2.05, 4.69) is 9.97 Å². The molecular weight excluding hydrogens is 291 g/mol. The van der Waals surface area contributed by atoms with Gasteiger partial charge in [0.1, 0.15) is 0 Å². The predicted octanol–water partition coefficient (Wildman–Crippen LogP) is 5.19. The van der Waals surface area contributed by atoms with Crippen LogP contribution in [0.5, 0.6) is 0 Å². The number of H-pyrrole nitrogens is 1. The summed E-state index contributed by atoms with van der Waals surface area (Å²) in [7, 11) is 0. The molecule has 0 aliphatic carbocycles. The molecule has 0 saturated carbocycles. The minimum Gasteiger partial charge on any atom is -0.360 e. The van der Waals surface area contributed by atoms with Crippen LogP contribution in [0.1, 0.15) is 0 Å². The molecule has 0 radical (unpaired) electrons. The molecule has 3 rings (SSSR count). The van der Waals surface area contributed by atoms with Gasteiger partial charge >= 0.3 is 0 Å². The summed E-state index contributed by atoms with van der Waals surface area (Å²) in [6.07, 6.45) is 3.63. The predicted molar refractivity (Wildman–Crippen MR) is 76.6 cm³/mol. The fourth-order valence-corrected chi connectivity index (χ4v) is 2.41. The monoisotopic (exact) mass is 296 g/mol. The second-order valence-electron chi connectivity index (χ2n) is 3.89. The van der Waals surface area contributed by atoms with Crippen molar-refractivity contribution in [1.29, 1.82) is 0 Å². The van der Waals surface area contributed by atoms with E-state index < -0.39 is 0 Å². The standard InChI is InChI=1S/C13H7Cl3N2/c14-9-3-7(4-10(15)13(9)16)8-5-12-11(18-6-8)1-2-17-12/h1-6,17H. The van der Waals surface area contributed by atoms with E-state index in [4.69, 9.17) is 34.8 Å². The van der Waals surface area contributed by atoms with Gasteiger partial charge in [0.25, 0.3) is 0 Å². The van der Waals surface area contributed by atoms with E-state index in [0.717, 1.165) is 22.2 Å². The molecule has 0 aliphatic heterocycles. The number of aromatic amines is 1. The third-order valence-electron chi connectivity index (χ3n) is 2.72. The number of nitrogens with zero attached hydrogens (tertiary/aromatic N) is 1. The molecule has 0 spiro atoms. The molecule has 1 N–H and O–H groups in total. The second kappa shape index (κ2) is 4.47. The number of nitrogens with one attached hydrogen (secondary N) is 1. The average molecular weight is 298 g/mol. The van der Waals surface area contributed by atoms with Gasteiger partial charge in [-0.3, -0.25) is 4.98 Å². The molecule has 5 heteroatoms. The van der Waals surface area contributed by atoms with Gasteiger partial charge < -0.3 is 4.98 Å². The van der Waals surface area contributed by atoms with Gasteiger partial charge in [-0.2, -0.15) is 0 Å². The Kier molecular flexibility index (Phi) is 2.94. The zero-order valence-corrected chi connectivity index (χ0v) is 11.3. The second-order valence-corrected chi connectivity index (χ2v) is 5.08. The number of aromatic nitrogens is 2. The Balaban J connectivity index is 2.19. The SMILES string of the molecule is Clc1cc(-c2cnc3cc[nH]c3c2)cc(Cl)c1Cl. The molecule has 2 heterocycles. The highest BCUT2D eigenvalue weighted by molar-refractivity contribution is 6.48. The van der Waals surface area contributed by atoms with E-state index in [9.17, 15) is 0 Å². The Bertz CT molecular complexity index is 711. The molecule has 0 unspecified atom stereocenters. The average Bonchev–Trinajstić information content (AvgIpc) is 2.82. The molecule has 0 bridgehead atoms. The maximum Gasteiger partial charge on any atom is 0.0879 e. The molecule has 2 aromatic heterocycles. The first-order valence-electron chi connectivity index (χ1n) is 5.23. The first-order valence-corrected chi connectivity index (χ1v) is 6.36. The van der Waals surface area contributed by atoms with Crippen LogP contribution in [0.25, 0.3) is 22.2 Å². The van der Waals surface area contributed by atoms with Gasteiger partial charge in [-0.1, -0.05) is 34.8 Å². The third-order valence-corrected chi connectivity index (χ3v) is 3.91. The largest absolute Gasteiger partial charge is 0.360 e. The van der Waals surface area contributed by atoms with Gasteiger partial charge in [-0.05, 0) is 29.8 Å². The molecule has 0 amide bonds. The van der Waals surface area contributed by atoms with Crippen LogP contribution in [0.4, 0.5) is 0 Å². The van der Waals surface area contributed by atoms with Crippen molar-refractivity contribution < 1.29 is 0 Å². The van der Waals surface area contributed by atoms with Gasteiger partial charge in [0.2, 0.25) is 0 Å². The van der Waals surface area contributed by atoms with Crippen LogP contribution in [0.15, 0.2) is 36.7 Å². The lowest BCUT2D eigenvalue weighted by molar-refractivity contribution is 1.40. The number of fused-ring (bicyclic) bond motifs is 1. The zero-order chi connectivity index (χ0) is 12.7. The Hall–Kier alpha value is -1.22. The molecule has 0 fully saturated rings. The van der Waals surface area contributed by atoms with Crippen molar-refractivity contribution in [3.05, 3.63) is 51.7 Å². The van der Waals surface area contributed by atoms with Crippen LogP contribution < -0.4 is 0 Å². The summed E-state index contributed by atoms with van der Waals surface area (Å²) in [5.74, 6) is 0. The van der Waals surface area contributed by atoms with Crippen molar-refractivity contribution in [2.45, 2.75) is 0 Å². The minimum absolute atomic E-state index is 0.371. The minimum atomic E-state index is 0.371. The van der Waals surface area contributed by atoms with E-state index in [0.29, 0.717) is 15.1 Å². The lowest BCUT2D eigenvalue weighted by Crippen LogP contribution is -1.83. The van der Waals surface area contributed by atoms with E-state index in [1.807, 2.05) is 18.3 Å². The van der Waals surface area contributed by atoms with Crippen LogP contribution in [0, 0.1) is 0 Å². The molecule has 0 aliphatic rings. The molecule has 3 aromatic rings. The summed E-state index contributed by atoms with van der Waals surface area (Å²) in [6.45, 7) is 0. The first kappa shape index (κ1) is 11.8. The van der Waals surface area contributed by atoms with E-state index >= 15 is 0 Å². The quantitative estimate of drug-likeness (QED) is 0.615. The van der Waals surface area contributed by atoms with Crippen molar-refractivity contribution in [3.63, 3.8) is 0 Å². The Morgan fingerprint density at radius 3 is 2.39 bits per heavy atom. The fraction of sp³-hybridized carbons (Fsp3) is 0. The normalized spacial score (nSPS) is 11.1. The highest BCUT2D eigenvalue weighted by Crippen LogP contribution is 2.35. The molecule has 0 atom stereocenters. The topological polar surface area (TPSA) is 28.7 Å². The van der Waals surface area contributed by atoms with E-state index in [1.165, 1.54) is 0 Å². The number of rotatable bonds is 1. The molecule has 90 valence electrons. The molecular formula is C13H7Cl3N2. The lowest BCUT2D eigenvalue weighted by atomic mass is 10.1. The number of hydrogen-bond donors (Lipinski definition) is 1. The molecule has 1 aromatic carbocycles. The molecule has 18 heavy (non-hydrogen) atoms. The van der Waals surface area contributed by atoms with Gasteiger partial charge in [0.05, 0.1) is 26.1 Å². The maximum atomic E-state index is 6.02. The van der Waals surface area contributed by atoms with E-state index in [1.54, 1.807) is 18.3 Å². The van der Waals surface area contributed by atoms with Gasteiger partial charge in [-0.25, -0.2) is 0 Å². The molecule has 0 saturated heterocycles. The fourth-order valence-electron chi connectivity index (χ4n) is 1.81. The van der Waals surface area contributed by atoms with Gasteiger partial charge in [-0.15, -0.1) is 0 Å². The summed E-state index contributed by atoms with van der Waals surface area (Å²) in [5.41, 5.74) is 3.71. The third kappa shape index (κ3) is 1.97. The summed E-state index contributed by atoms with van der Waals surface area (Å²) >= 11 is 18.0. The Morgan fingerprint density at radius 2 is 1.67 bits per heavy atom. The maximum absolute atomic E-state index is 6.02. The van der Waals surface area contributed by atoms with Crippen LogP contribution in [0.3, 0.4) is 0 Å². The van der Waals surface area contributed by atoms with Crippen LogP contribution in [-0.2, 0) is 0 Å². The van der Waals surface area contributed by atoms with Gasteiger partial charge in [0, 0.05) is 18.0 Å². The number of hydrogen-bond acceptors (Lipinski definition) is 1. The summed E-state index contributed by atoms with van der Waals surface area (Å²) < 4.78 is 0. The van der Waals surface area contributed by atoms with Crippen molar-refractivity contribution in [2.24, 2.45) is 0 Å². The highest BCUT2D eigenvalue weighted by Gasteiger charge is 2.08. The van der Waals surface area contributed by atoms with Crippen LogP contribution in [0.2, 0.25) is 15.1 Å². The number of benzene rings is 1. The van der Waals surface area contributed by atoms with Gasteiger partial charge in [0.15, 0.2) is 0 Å². The lowest BCUT2D eigenvalue weighted by Gasteiger charge is -2.05. The van der Waals surface area contributed by atoms with Crippen molar-refractivity contribution >= 4 is 45.8 Å². The number of pyridine rings is 1. The van der Waals surface area contributed by atoms with Crippen molar-refractivity contribution in [1.82, 2.24) is 9.97 Å². The number of halogens is 3. The molecule has 2 nitrogen and oxygen atoms in total. The highest BCUT2D eigenvalue weighted by atomic mass is 35.5. The Labute approximate surface area is 119 Å². The van der Waals surface area contributed by atoms with E-state index in [-0.39, 0.29) is 0 Å².